The average molecular weight is 497 g/mol. The van der Waals surface area contributed by atoms with Crippen molar-refractivity contribution in [1.29, 1.82) is 0 Å². The molecule has 4 rings (SSSR count). The summed E-state index contributed by atoms with van der Waals surface area (Å²) in [5, 5.41) is 8.78. The number of nitrogens with zero attached hydrogens (tertiary/aromatic N) is 3. The Balaban J connectivity index is 1.43. The molecule has 37 heavy (non-hydrogen) atoms. The van der Waals surface area contributed by atoms with Gasteiger partial charge in [-0.1, -0.05) is 6.07 Å². The number of hydrogen-bond donors (Lipinski definition) is 3. The number of rotatable bonds is 6. The topological polar surface area (TPSA) is 118 Å². The molecule has 0 unspecified atom stereocenters. The molecule has 0 aliphatic carbocycles. The number of nitrogens with one attached hydrogen (secondary N) is 3. The Kier molecular flexibility index (Phi) is 7.43. The van der Waals surface area contributed by atoms with E-state index in [1.807, 2.05) is 43.3 Å². The van der Waals surface area contributed by atoms with E-state index in [2.05, 4.69) is 30.9 Å². The minimum atomic E-state index is -0.597. The molecule has 9 nitrogen and oxygen atoms in total. The molecule has 0 fully saturated rings. The summed E-state index contributed by atoms with van der Waals surface area (Å²) in [7, 11) is 0. The molecule has 0 bridgehead atoms. The Hall–Kier alpha value is -4.79. The lowest BCUT2D eigenvalue weighted by Gasteiger charge is -2.19. The number of carbonyl (C=O) groups excluding carboxylic acids is 2. The lowest BCUT2D eigenvalue weighted by molar-refractivity contribution is 0.0636. The van der Waals surface area contributed by atoms with E-state index in [-0.39, 0.29) is 5.91 Å². The van der Waals surface area contributed by atoms with E-state index < -0.39 is 11.7 Å². The van der Waals surface area contributed by atoms with Crippen molar-refractivity contribution in [3.05, 3.63) is 90.4 Å². The third-order valence-corrected chi connectivity index (χ3v) is 5.15. The Labute approximate surface area is 215 Å². The summed E-state index contributed by atoms with van der Waals surface area (Å²) in [4.78, 5) is 37.8. The van der Waals surface area contributed by atoms with Gasteiger partial charge in [0.2, 0.25) is 5.95 Å². The third kappa shape index (κ3) is 7.11. The first-order valence-electron chi connectivity index (χ1n) is 11.7. The normalized spacial score (nSPS) is 10.9. The van der Waals surface area contributed by atoms with Gasteiger partial charge in [-0.3, -0.25) is 15.1 Å². The summed E-state index contributed by atoms with van der Waals surface area (Å²) in [6.45, 7) is 7.32. The van der Waals surface area contributed by atoms with Crippen LogP contribution in [0.2, 0.25) is 0 Å². The second-order valence-corrected chi connectivity index (χ2v) is 9.32. The van der Waals surface area contributed by atoms with Gasteiger partial charge < -0.3 is 15.4 Å². The van der Waals surface area contributed by atoms with Crippen molar-refractivity contribution in [2.45, 2.75) is 33.3 Å². The zero-order valence-electron chi connectivity index (χ0n) is 21.1. The summed E-state index contributed by atoms with van der Waals surface area (Å²) in [6, 6.07) is 17.7. The van der Waals surface area contributed by atoms with E-state index in [4.69, 9.17) is 4.74 Å². The molecule has 4 aromatic rings. The maximum absolute atomic E-state index is 12.8. The number of carbonyl (C=O) groups is 2. The number of pyridine rings is 1. The molecular formula is C28H28N6O3. The van der Waals surface area contributed by atoms with Crippen LogP contribution in [0.15, 0.2) is 79.3 Å². The molecule has 0 aliphatic heterocycles. The number of amides is 2. The second-order valence-electron chi connectivity index (χ2n) is 9.32. The van der Waals surface area contributed by atoms with Crippen LogP contribution in [0.4, 0.5) is 27.8 Å². The summed E-state index contributed by atoms with van der Waals surface area (Å²) >= 11 is 0. The number of ether oxygens (including phenoxy) is 1. The van der Waals surface area contributed by atoms with Crippen LogP contribution in [0.25, 0.3) is 11.3 Å². The Morgan fingerprint density at radius 2 is 1.65 bits per heavy atom. The van der Waals surface area contributed by atoms with Gasteiger partial charge in [-0.2, -0.15) is 0 Å². The molecule has 188 valence electrons. The van der Waals surface area contributed by atoms with E-state index in [1.54, 1.807) is 63.6 Å². The summed E-state index contributed by atoms with van der Waals surface area (Å²) in [5.74, 6) is 0.148. The van der Waals surface area contributed by atoms with Crippen LogP contribution in [0.1, 0.15) is 36.7 Å². The van der Waals surface area contributed by atoms with Gasteiger partial charge in [-0.05, 0) is 87.9 Å². The fraction of sp³-hybridized carbons (Fsp3) is 0.179. The molecule has 0 saturated carbocycles. The third-order valence-electron chi connectivity index (χ3n) is 5.15. The van der Waals surface area contributed by atoms with E-state index >= 15 is 0 Å². The van der Waals surface area contributed by atoms with Crippen molar-refractivity contribution in [3.63, 3.8) is 0 Å². The molecule has 9 heteroatoms. The highest BCUT2D eigenvalue weighted by Crippen LogP contribution is 2.25. The SMILES string of the molecule is Cc1ccc(NC(=O)c2ccc(NC(=O)OC(C)(C)C)cc2)cc1Nc1nccc(-c2cccnc2)n1. The second kappa shape index (κ2) is 10.9. The van der Waals surface area contributed by atoms with Gasteiger partial charge in [0.25, 0.3) is 5.91 Å². The Morgan fingerprint density at radius 1 is 0.892 bits per heavy atom. The summed E-state index contributed by atoms with van der Waals surface area (Å²) in [6.07, 6.45) is 4.58. The van der Waals surface area contributed by atoms with Crippen LogP contribution in [-0.2, 0) is 4.74 Å². The summed E-state index contributed by atoms with van der Waals surface area (Å²) < 4.78 is 5.24. The molecule has 0 spiro atoms. The predicted octanol–water partition coefficient (Wildman–Crippen LogP) is 6.19. The zero-order valence-corrected chi connectivity index (χ0v) is 21.1. The molecule has 2 aromatic heterocycles. The Morgan fingerprint density at radius 3 is 2.35 bits per heavy atom. The van der Waals surface area contributed by atoms with Crippen molar-refractivity contribution in [1.82, 2.24) is 15.0 Å². The smallest absolute Gasteiger partial charge is 0.412 e. The predicted molar refractivity (Wildman–Crippen MR) is 144 cm³/mol. The van der Waals surface area contributed by atoms with Gasteiger partial charge in [-0.25, -0.2) is 14.8 Å². The van der Waals surface area contributed by atoms with Gasteiger partial charge >= 0.3 is 6.09 Å². The highest BCUT2D eigenvalue weighted by atomic mass is 16.6. The lowest BCUT2D eigenvalue weighted by atomic mass is 10.1. The first kappa shape index (κ1) is 25.3. The van der Waals surface area contributed by atoms with E-state index in [0.717, 1.165) is 22.5 Å². The molecule has 0 radical (unpaired) electrons. The van der Waals surface area contributed by atoms with E-state index in [0.29, 0.717) is 22.9 Å². The maximum Gasteiger partial charge on any atom is 0.412 e. The van der Waals surface area contributed by atoms with Crippen LogP contribution in [0.3, 0.4) is 0 Å². The van der Waals surface area contributed by atoms with Crippen LogP contribution in [0.5, 0.6) is 0 Å². The zero-order chi connectivity index (χ0) is 26.4. The Bertz CT molecular complexity index is 1400. The van der Waals surface area contributed by atoms with Gasteiger partial charge in [0.1, 0.15) is 5.60 Å². The highest BCUT2D eigenvalue weighted by molar-refractivity contribution is 6.04. The van der Waals surface area contributed by atoms with Crippen molar-refractivity contribution in [2.24, 2.45) is 0 Å². The van der Waals surface area contributed by atoms with Crippen molar-refractivity contribution in [3.8, 4) is 11.3 Å². The van der Waals surface area contributed by atoms with Crippen LogP contribution < -0.4 is 16.0 Å². The monoisotopic (exact) mass is 496 g/mol. The minimum Gasteiger partial charge on any atom is -0.444 e. The maximum atomic E-state index is 12.8. The molecule has 3 N–H and O–H groups in total. The number of aromatic nitrogens is 3. The van der Waals surface area contributed by atoms with Crippen LogP contribution in [0, 0.1) is 6.92 Å². The van der Waals surface area contributed by atoms with Crippen LogP contribution in [-0.4, -0.2) is 32.6 Å². The molecule has 2 amide bonds. The van der Waals surface area contributed by atoms with Gasteiger partial charge in [0, 0.05) is 46.8 Å². The average Bonchev–Trinajstić information content (AvgIpc) is 2.86. The first-order valence-corrected chi connectivity index (χ1v) is 11.7. The van der Waals surface area contributed by atoms with Gasteiger partial charge in [-0.15, -0.1) is 0 Å². The van der Waals surface area contributed by atoms with Crippen molar-refractivity contribution < 1.29 is 14.3 Å². The molecule has 2 heterocycles. The molecule has 2 aromatic carbocycles. The molecule has 0 atom stereocenters. The van der Waals surface area contributed by atoms with Crippen LogP contribution >= 0.6 is 0 Å². The fourth-order valence-corrected chi connectivity index (χ4v) is 3.38. The minimum absolute atomic E-state index is 0.284. The number of aryl methyl sites for hydroxylation is 1. The van der Waals surface area contributed by atoms with Crippen molar-refractivity contribution in [2.75, 3.05) is 16.0 Å². The van der Waals surface area contributed by atoms with Crippen molar-refractivity contribution >= 4 is 35.0 Å². The van der Waals surface area contributed by atoms with E-state index in [1.165, 1.54) is 0 Å². The number of hydrogen-bond acceptors (Lipinski definition) is 7. The molecule has 0 aliphatic rings. The largest absolute Gasteiger partial charge is 0.444 e. The fourth-order valence-electron chi connectivity index (χ4n) is 3.38. The van der Waals surface area contributed by atoms with E-state index in [9.17, 15) is 9.59 Å². The molecule has 0 saturated heterocycles. The summed E-state index contributed by atoms with van der Waals surface area (Å²) in [5.41, 5.74) is 4.34. The number of anilines is 4. The first-order chi connectivity index (χ1) is 17.7. The van der Waals surface area contributed by atoms with Gasteiger partial charge in [0.15, 0.2) is 0 Å². The lowest BCUT2D eigenvalue weighted by Crippen LogP contribution is -2.27. The highest BCUT2D eigenvalue weighted by Gasteiger charge is 2.16. The van der Waals surface area contributed by atoms with Gasteiger partial charge in [0.05, 0.1) is 5.69 Å². The molecular weight excluding hydrogens is 468 g/mol. The quantitative estimate of drug-likeness (QED) is 0.291. The standard InChI is InChI=1S/C28H28N6O3/c1-18-7-10-22(16-24(18)34-26-30-15-13-23(33-26)20-6-5-14-29-17-20)31-25(35)19-8-11-21(12-9-19)32-27(36)37-28(2,3)4/h5-17H,1-4H3,(H,31,35)(H,32,36)(H,30,33,34). The number of benzene rings is 2.